The highest BCUT2D eigenvalue weighted by molar-refractivity contribution is 5.57. The van der Waals surface area contributed by atoms with Gasteiger partial charge in [-0.2, -0.15) is 0 Å². The van der Waals surface area contributed by atoms with Crippen LogP contribution in [0.2, 0.25) is 0 Å². The summed E-state index contributed by atoms with van der Waals surface area (Å²) in [6, 6.07) is 30.5. The van der Waals surface area contributed by atoms with E-state index in [-0.39, 0.29) is 5.69 Å². The molecule has 2 N–H and O–H groups in total. The van der Waals surface area contributed by atoms with Crippen LogP contribution in [-0.4, -0.2) is 4.92 Å². The SMILES string of the molecule is Cc1cccc(OCc2ccccc2)c1N.Cc1cccc(OCc2ccccc2)c1[N+](=O)[O-]. The quantitative estimate of drug-likeness (QED) is 0.191. The maximum atomic E-state index is 11.0. The lowest BCUT2D eigenvalue weighted by molar-refractivity contribution is -0.386. The molecule has 4 aromatic rings. The zero-order valence-electron chi connectivity index (χ0n) is 19.3. The van der Waals surface area contributed by atoms with E-state index in [1.54, 1.807) is 25.1 Å². The topological polar surface area (TPSA) is 87.6 Å². The zero-order chi connectivity index (χ0) is 24.3. The summed E-state index contributed by atoms with van der Waals surface area (Å²) in [5.41, 5.74) is 10.4. The maximum absolute atomic E-state index is 11.0. The zero-order valence-corrected chi connectivity index (χ0v) is 19.3. The van der Waals surface area contributed by atoms with Crippen LogP contribution in [0, 0.1) is 24.0 Å². The number of nitrogens with zero attached hydrogens (tertiary/aromatic N) is 1. The fraction of sp³-hybridized carbons (Fsp3) is 0.143. The molecule has 4 aromatic carbocycles. The van der Waals surface area contributed by atoms with Crippen molar-refractivity contribution in [3.8, 4) is 11.5 Å². The van der Waals surface area contributed by atoms with Gasteiger partial charge in [-0.1, -0.05) is 84.9 Å². The summed E-state index contributed by atoms with van der Waals surface area (Å²) in [7, 11) is 0. The first-order chi connectivity index (χ1) is 16.5. The van der Waals surface area contributed by atoms with Crippen molar-refractivity contribution in [1.82, 2.24) is 0 Å². The fourth-order valence-corrected chi connectivity index (χ4v) is 3.23. The molecule has 0 bridgehead atoms. The molecule has 0 radical (unpaired) electrons. The number of hydrogen-bond acceptors (Lipinski definition) is 5. The van der Waals surface area contributed by atoms with Crippen molar-refractivity contribution < 1.29 is 14.4 Å². The van der Waals surface area contributed by atoms with Gasteiger partial charge < -0.3 is 15.2 Å². The maximum Gasteiger partial charge on any atom is 0.313 e. The highest BCUT2D eigenvalue weighted by Crippen LogP contribution is 2.30. The third kappa shape index (κ3) is 6.84. The van der Waals surface area contributed by atoms with Gasteiger partial charge >= 0.3 is 5.69 Å². The van der Waals surface area contributed by atoms with Crippen LogP contribution >= 0.6 is 0 Å². The third-order valence-electron chi connectivity index (χ3n) is 5.14. The molecule has 0 saturated heterocycles. The number of benzene rings is 4. The summed E-state index contributed by atoms with van der Waals surface area (Å²) in [6.07, 6.45) is 0. The molecule has 6 nitrogen and oxygen atoms in total. The van der Waals surface area contributed by atoms with Crippen molar-refractivity contribution in [2.45, 2.75) is 27.1 Å². The van der Waals surface area contributed by atoms with Crippen molar-refractivity contribution >= 4 is 11.4 Å². The normalized spacial score (nSPS) is 10.1. The lowest BCUT2D eigenvalue weighted by Crippen LogP contribution is -2.00. The molecule has 0 aromatic heterocycles. The van der Waals surface area contributed by atoms with Crippen molar-refractivity contribution in [2.24, 2.45) is 0 Å². The number of aryl methyl sites for hydroxylation is 2. The Morgan fingerprint density at radius 1 is 0.676 bits per heavy atom. The van der Waals surface area contributed by atoms with Gasteiger partial charge in [0, 0.05) is 5.56 Å². The second-order valence-corrected chi connectivity index (χ2v) is 7.71. The Labute approximate surface area is 199 Å². The van der Waals surface area contributed by atoms with Crippen LogP contribution in [0.4, 0.5) is 11.4 Å². The van der Waals surface area contributed by atoms with Gasteiger partial charge in [-0.15, -0.1) is 0 Å². The number of rotatable bonds is 7. The highest BCUT2D eigenvalue weighted by atomic mass is 16.6. The minimum absolute atomic E-state index is 0.0356. The van der Waals surface area contributed by atoms with E-state index in [2.05, 4.69) is 0 Å². The molecule has 174 valence electrons. The largest absolute Gasteiger partial charge is 0.487 e. The lowest BCUT2D eigenvalue weighted by atomic mass is 10.2. The summed E-state index contributed by atoms with van der Waals surface area (Å²) in [5, 5.41) is 11.0. The second kappa shape index (κ2) is 12.1. The average molecular weight is 457 g/mol. The molecule has 4 rings (SSSR count). The molecular weight excluding hydrogens is 428 g/mol. The standard InChI is InChI=1S/C14H13NO3.C14H15NO/c1-11-6-5-9-13(14(11)15(16)17)18-10-12-7-3-2-4-8-12;1-11-6-5-9-13(14(11)15)16-10-12-7-3-2-4-8-12/h2-9H,10H2,1H3;2-9H,10,15H2,1H3. The van der Waals surface area contributed by atoms with Crippen LogP contribution in [0.25, 0.3) is 0 Å². The highest BCUT2D eigenvalue weighted by Gasteiger charge is 2.17. The molecule has 0 saturated carbocycles. The van der Waals surface area contributed by atoms with Crippen molar-refractivity contribution in [1.29, 1.82) is 0 Å². The van der Waals surface area contributed by atoms with Crippen LogP contribution in [0.5, 0.6) is 11.5 Å². The van der Waals surface area contributed by atoms with E-state index in [1.807, 2.05) is 85.8 Å². The predicted octanol–water partition coefficient (Wildman–Crippen LogP) is 6.64. The molecule has 0 unspecified atom stereocenters. The van der Waals surface area contributed by atoms with E-state index < -0.39 is 4.92 Å². The molecule has 0 fully saturated rings. The summed E-state index contributed by atoms with van der Waals surface area (Å²) < 4.78 is 11.2. The van der Waals surface area contributed by atoms with Gasteiger partial charge in [0.1, 0.15) is 19.0 Å². The van der Waals surface area contributed by atoms with Gasteiger partial charge in [-0.25, -0.2) is 0 Å². The van der Waals surface area contributed by atoms with Crippen LogP contribution in [0.3, 0.4) is 0 Å². The number of nitro benzene ring substituents is 1. The van der Waals surface area contributed by atoms with E-state index in [9.17, 15) is 10.1 Å². The van der Waals surface area contributed by atoms with E-state index in [1.165, 1.54) is 0 Å². The molecule has 0 amide bonds. The molecule has 0 spiro atoms. The number of anilines is 1. The second-order valence-electron chi connectivity index (χ2n) is 7.71. The van der Waals surface area contributed by atoms with Crippen molar-refractivity contribution in [3.63, 3.8) is 0 Å². The molecule has 0 aliphatic carbocycles. The van der Waals surface area contributed by atoms with Gasteiger partial charge in [0.05, 0.1) is 10.6 Å². The summed E-state index contributed by atoms with van der Waals surface area (Å²) >= 11 is 0. The Hall–Kier alpha value is -4.32. The first kappa shape index (κ1) is 24.3. The van der Waals surface area contributed by atoms with Crippen molar-refractivity contribution in [2.75, 3.05) is 5.73 Å². The monoisotopic (exact) mass is 456 g/mol. The Balaban J connectivity index is 0.000000192. The average Bonchev–Trinajstić information content (AvgIpc) is 2.85. The van der Waals surface area contributed by atoms with E-state index in [0.29, 0.717) is 24.5 Å². The molecular formula is C28H28N2O4. The van der Waals surface area contributed by atoms with Crippen molar-refractivity contribution in [3.05, 3.63) is 129 Å². The molecule has 0 aliphatic rings. The van der Waals surface area contributed by atoms with Crippen LogP contribution < -0.4 is 15.2 Å². The van der Waals surface area contributed by atoms with E-state index >= 15 is 0 Å². The van der Waals surface area contributed by atoms with Gasteiger partial charge in [-0.05, 0) is 42.7 Å². The van der Waals surface area contributed by atoms with Gasteiger partial charge in [0.15, 0.2) is 5.75 Å². The molecule has 0 heterocycles. The first-order valence-corrected chi connectivity index (χ1v) is 10.9. The molecule has 0 atom stereocenters. The number of para-hydroxylation sites is 2. The number of hydrogen-bond donors (Lipinski definition) is 1. The summed E-state index contributed by atoms with van der Waals surface area (Å²) in [4.78, 5) is 10.6. The van der Waals surface area contributed by atoms with E-state index in [0.717, 1.165) is 28.1 Å². The van der Waals surface area contributed by atoms with Crippen LogP contribution in [0.1, 0.15) is 22.3 Å². The number of nitrogen functional groups attached to an aromatic ring is 1. The van der Waals surface area contributed by atoms with Gasteiger partial charge in [0.2, 0.25) is 0 Å². The molecule has 6 heteroatoms. The van der Waals surface area contributed by atoms with E-state index in [4.69, 9.17) is 15.2 Å². The molecule has 0 aliphatic heterocycles. The Morgan fingerprint density at radius 3 is 1.68 bits per heavy atom. The Morgan fingerprint density at radius 2 is 1.15 bits per heavy atom. The van der Waals surface area contributed by atoms with Crippen LogP contribution in [0.15, 0.2) is 97.1 Å². The minimum Gasteiger partial charge on any atom is -0.487 e. The molecule has 34 heavy (non-hydrogen) atoms. The number of nitro groups is 1. The summed E-state index contributed by atoms with van der Waals surface area (Å²) in [6.45, 7) is 4.55. The van der Waals surface area contributed by atoms with Gasteiger partial charge in [-0.3, -0.25) is 10.1 Å². The fourth-order valence-electron chi connectivity index (χ4n) is 3.23. The predicted molar refractivity (Wildman–Crippen MR) is 135 cm³/mol. The number of nitrogens with two attached hydrogens (primary N) is 1. The smallest absolute Gasteiger partial charge is 0.313 e. The third-order valence-corrected chi connectivity index (χ3v) is 5.14. The first-order valence-electron chi connectivity index (χ1n) is 10.9. The van der Waals surface area contributed by atoms with Crippen LogP contribution in [-0.2, 0) is 13.2 Å². The Bertz CT molecular complexity index is 1210. The lowest BCUT2D eigenvalue weighted by Gasteiger charge is -2.10. The number of ether oxygens (including phenoxy) is 2. The van der Waals surface area contributed by atoms with Gasteiger partial charge in [0.25, 0.3) is 0 Å². The Kier molecular flexibility index (Phi) is 8.63. The summed E-state index contributed by atoms with van der Waals surface area (Å²) in [5.74, 6) is 1.06. The minimum atomic E-state index is -0.407.